The number of aromatic nitrogens is 4. The topological polar surface area (TPSA) is 69.6 Å². The number of thiazole rings is 1. The molecule has 0 aliphatic carbocycles. The number of hydrogen-bond acceptors (Lipinski definition) is 5. The van der Waals surface area contributed by atoms with Crippen LogP contribution in [0.15, 0.2) is 12.1 Å². The third-order valence-corrected chi connectivity index (χ3v) is 3.68. The molecule has 0 saturated heterocycles. The van der Waals surface area contributed by atoms with Crippen LogP contribution in [0.5, 0.6) is 0 Å². The van der Waals surface area contributed by atoms with Gasteiger partial charge in [0, 0.05) is 0 Å². The minimum Gasteiger partial charge on any atom is -0.397 e. The van der Waals surface area contributed by atoms with Crippen LogP contribution in [0.2, 0.25) is 0 Å². The summed E-state index contributed by atoms with van der Waals surface area (Å²) in [6.07, 6.45) is 0. The summed E-state index contributed by atoms with van der Waals surface area (Å²) in [4.78, 5) is 8.77. The number of fused-ring (bicyclic) bond motifs is 1. The Kier molecular flexibility index (Phi) is 2.34. The highest BCUT2D eigenvalue weighted by molar-refractivity contribution is 7.18. The third kappa shape index (κ3) is 1.65. The fourth-order valence-electron chi connectivity index (χ4n) is 2.03. The van der Waals surface area contributed by atoms with Crippen LogP contribution in [-0.2, 0) is 0 Å². The molecule has 3 aromatic rings. The number of aryl methyl sites for hydroxylation is 3. The Labute approximate surface area is 108 Å². The van der Waals surface area contributed by atoms with Crippen molar-refractivity contribution in [2.45, 2.75) is 20.8 Å². The fourth-order valence-corrected chi connectivity index (χ4v) is 2.88. The number of nitrogen functional groups attached to an aromatic ring is 1. The van der Waals surface area contributed by atoms with E-state index >= 15 is 0 Å². The average Bonchev–Trinajstić information content (AvgIpc) is 2.79. The van der Waals surface area contributed by atoms with Crippen molar-refractivity contribution in [3.05, 3.63) is 28.8 Å². The highest BCUT2D eigenvalue weighted by atomic mass is 32.1. The molecule has 0 aliphatic rings. The van der Waals surface area contributed by atoms with Gasteiger partial charge in [0.05, 0.1) is 26.6 Å². The van der Waals surface area contributed by atoms with E-state index in [0.717, 1.165) is 32.6 Å². The second-order valence-electron chi connectivity index (χ2n) is 4.23. The van der Waals surface area contributed by atoms with E-state index in [9.17, 15) is 0 Å². The van der Waals surface area contributed by atoms with Gasteiger partial charge in [-0.15, -0.1) is 11.3 Å². The molecule has 0 aliphatic heterocycles. The van der Waals surface area contributed by atoms with Crippen LogP contribution in [0.3, 0.4) is 0 Å². The van der Waals surface area contributed by atoms with Crippen molar-refractivity contribution in [3.63, 3.8) is 0 Å². The summed E-state index contributed by atoms with van der Waals surface area (Å²) in [6, 6.07) is 3.92. The molecular weight excluding hydrogens is 246 g/mol. The highest BCUT2D eigenvalue weighted by Gasteiger charge is 2.11. The zero-order valence-corrected chi connectivity index (χ0v) is 11.2. The van der Waals surface area contributed by atoms with Gasteiger partial charge in [0.25, 0.3) is 0 Å². The summed E-state index contributed by atoms with van der Waals surface area (Å²) >= 11 is 1.64. The summed E-state index contributed by atoms with van der Waals surface area (Å²) in [6.45, 7) is 5.77. The summed E-state index contributed by atoms with van der Waals surface area (Å²) in [5, 5.41) is 5.39. The summed E-state index contributed by atoms with van der Waals surface area (Å²) in [7, 11) is 0. The lowest BCUT2D eigenvalue weighted by atomic mass is 10.2. The van der Waals surface area contributed by atoms with E-state index in [4.69, 9.17) is 5.73 Å². The number of benzene rings is 1. The molecule has 0 amide bonds. The standard InChI is InChI=1S/C12H13N5S/c1-6-14-7(2)17(16-6)11-5-10-12(4-9(11)13)18-8(3)15-10/h4-5H,13H2,1-3H3. The molecule has 6 heteroatoms. The van der Waals surface area contributed by atoms with Crippen LogP contribution in [-0.4, -0.2) is 19.7 Å². The van der Waals surface area contributed by atoms with Crippen LogP contribution < -0.4 is 5.73 Å². The van der Waals surface area contributed by atoms with Crippen molar-refractivity contribution in [2.75, 3.05) is 5.73 Å². The van der Waals surface area contributed by atoms with Gasteiger partial charge in [-0.1, -0.05) is 0 Å². The van der Waals surface area contributed by atoms with E-state index in [1.807, 2.05) is 32.9 Å². The fraction of sp³-hybridized carbons (Fsp3) is 0.250. The first-order valence-electron chi connectivity index (χ1n) is 5.62. The van der Waals surface area contributed by atoms with Crippen molar-refractivity contribution >= 4 is 27.2 Å². The average molecular weight is 259 g/mol. The molecule has 2 N–H and O–H groups in total. The number of nitrogens with two attached hydrogens (primary N) is 1. The van der Waals surface area contributed by atoms with E-state index in [1.54, 1.807) is 16.0 Å². The molecule has 2 heterocycles. The molecule has 92 valence electrons. The number of anilines is 1. The Morgan fingerprint density at radius 2 is 1.94 bits per heavy atom. The molecular formula is C12H13N5S. The van der Waals surface area contributed by atoms with E-state index in [0.29, 0.717) is 5.69 Å². The monoisotopic (exact) mass is 259 g/mol. The number of hydrogen-bond donors (Lipinski definition) is 1. The van der Waals surface area contributed by atoms with Gasteiger partial charge in [-0.3, -0.25) is 0 Å². The van der Waals surface area contributed by atoms with Crippen LogP contribution >= 0.6 is 11.3 Å². The minimum absolute atomic E-state index is 0.694. The van der Waals surface area contributed by atoms with E-state index in [1.165, 1.54) is 0 Å². The van der Waals surface area contributed by atoms with Crippen molar-refractivity contribution < 1.29 is 0 Å². The van der Waals surface area contributed by atoms with Gasteiger partial charge < -0.3 is 5.73 Å². The molecule has 0 spiro atoms. The zero-order chi connectivity index (χ0) is 12.9. The Hall–Kier alpha value is -1.95. The molecule has 0 saturated carbocycles. The Bertz CT molecular complexity index is 740. The maximum Gasteiger partial charge on any atom is 0.148 e. The van der Waals surface area contributed by atoms with Gasteiger partial charge in [-0.05, 0) is 32.9 Å². The van der Waals surface area contributed by atoms with Gasteiger partial charge in [-0.25, -0.2) is 14.6 Å². The van der Waals surface area contributed by atoms with Crippen molar-refractivity contribution in [1.82, 2.24) is 19.7 Å². The molecule has 1 aromatic carbocycles. The van der Waals surface area contributed by atoms with Gasteiger partial charge >= 0.3 is 0 Å². The molecule has 3 rings (SSSR count). The van der Waals surface area contributed by atoms with E-state index in [2.05, 4.69) is 15.1 Å². The van der Waals surface area contributed by atoms with Crippen LogP contribution in [0.1, 0.15) is 16.7 Å². The van der Waals surface area contributed by atoms with Gasteiger partial charge in [0.15, 0.2) is 0 Å². The van der Waals surface area contributed by atoms with Crippen LogP contribution in [0.4, 0.5) is 5.69 Å². The molecule has 18 heavy (non-hydrogen) atoms. The molecule has 0 bridgehead atoms. The quantitative estimate of drug-likeness (QED) is 0.681. The molecule has 0 radical (unpaired) electrons. The molecule has 0 unspecified atom stereocenters. The summed E-state index contributed by atoms with van der Waals surface area (Å²) in [5.41, 5.74) is 8.58. The number of nitrogens with zero attached hydrogens (tertiary/aromatic N) is 4. The van der Waals surface area contributed by atoms with Gasteiger partial charge in [0.1, 0.15) is 11.6 Å². The van der Waals surface area contributed by atoms with Crippen LogP contribution in [0.25, 0.3) is 15.9 Å². The first-order valence-corrected chi connectivity index (χ1v) is 6.43. The summed E-state index contributed by atoms with van der Waals surface area (Å²) < 4.78 is 2.86. The normalized spacial score (nSPS) is 11.3. The molecule has 5 nitrogen and oxygen atoms in total. The summed E-state index contributed by atoms with van der Waals surface area (Å²) in [5.74, 6) is 1.56. The molecule has 2 aromatic heterocycles. The number of rotatable bonds is 1. The maximum absolute atomic E-state index is 6.10. The molecule has 0 atom stereocenters. The minimum atomic E-state index is 0.694. The highest BCUT2D eigenvalue weighted by Crippen LogP contribution is 2.28. The van der Waals surface area contributed by atoms with Crippen LogP contribution in [0, 0.1) is 20.8 Å². The van der Waals surface area contributed by atoms with Gasteiger partial charge in [-0.2, -0.15) is 5.10 Å². The smallest absolute Gasteiger partial charge is 0.148 e. The van der Waals surface area contributed by atoms with Crippen molar-refractivity contribution in [1.29, 1.82) is 0 Å². The first kappa shape index (κ1) is 11.2. The zero-order valence-electron chi connectivity index (χ0n) is 10.4. The van der Waals surface area contributed by atoms with Crippen molar-refractivity contribution in [3.8, 4) is 5.69 Å². The SMILES string of the molecule is Cc1nc(C)n(-c2cc3nc(C)sc3cc2N)n1. The predicted octanol–water partition coefficient (Wildman–Crippen LogP) is 2.38. The Morgan fingerprint density at radius 3 is 2.61 bits per heavy atom. The predicted molar refractivity (Wildman–Crippen MR) is 73.2 cm³/mol. The van der Waals surface area contributed by atoms with Gasteiger partial charge in [0.2, 0.25) is 0 Å². The lowest BCUT2D eigenvalue weighted by Crippen LogP contribution is -2.03. The van der Waals surface area contributed by atoms with E-state index < -0.39 is 0 Å². The van der Waals surface area contributed by atoms with E-state index in [-0.39, 0.29) is 0 Å². The second kappa shape index (κ2) is 3.78. The Morgan fingerprint density at radius 1 is 1.17 bits per heavy atom. The third-order valence-electron chi connectivity index (χ3n) is 2.75. The largest absolute Gasteiger partial charge is 0.397 e. The van der Waals surface area contributed by atoms with Crippen molar-refractivity contribution in [2.24, 2.45) is 0 Å². The second-order valence-corrected chi connectivity index (χ2v) is 5.46. The Balaban J connectivity index is 2.28. The maximum atomic E-state index is 6.10. The lowest BCUT2D eigenvalue weighted by molar-refractivity contribution is 0.834. The lowest BCUT2D eigenvalue weighted by Gasteiger charge is -2.06. The molecule has 0 fully saturated rings. The first-order chi connectivity index (χ1) is 8.54.